The molecule has 1 heterocycles. The number of imidazole rings is 1. The Kier molecular flexibility index (Phi) is 7.22. The van der Waals surface area contributed by atoms with Crippen LogP contribution in [0.15, 0.2) is 73.6 Å². The molecule has 0 saturated heterocycles. The minimum atomic E-state index is -0.734. The summed E-state index contributed by atoms with van der Waals surface area (Å²) in [6, 6.07) is 10.9. The first-order valence-corrected chi connectivity index (χ1v) is 9.65. The number of hydrogen-bond donors (Lipinski definition) is 1. The molecule has 1 N–H and O–H groups in total. The monoisotopic (exact) mass is 421 g/mol. The molecule has 1 amide bonds. The number of hydrogen-bond acceptors (Lipinski definition) is 4. The maximum Gasteiger partial charge on any atom is 0.244 e. The Labute approximate surface area is 180 Å². The standard InChI is InChI=1S/C24H24FN3O3/c1-4-15-31-20-11-9-17(16-21(20)30-3)10-12-22(29)27-23(24-26-13-14-28(24)2)18-7-5-6-8-19(18)25/h4-14,16,23H,1,15H2,2-3H3,(H,27,29)/b12-10+. The number of nitrogens with one attached hydrogen (secondary N) is 1. The number of aryl methyl sites for hydroxylation is 1. The number of rotatable bonds is 9. The molecule has 3 aromatic rings. The smallest absolute Gasteiger partial charge is 0.244 e. The Balaban J connectivity index is 1.80. The predicted molar refractivity (Wildman–Crippen MR) is 117 cm³/mol. The van der Waals surface area contributed by atoms with Crippen LogP contribution in [0.5, 0.6) is 11.5 Å². The summed E-state index contributed by atoms with van der Waals surface area (Å²) in [4.78, 5) is 16.9. The number of carbonyl (C=O) groups excluding carboxylic acids is 1. The van der Waals surface area contributed by atoms with Gasteiger partial charge in [0.05, 0.1) is 7.11 Å². The molecule has 1 aromatic heterocycles. The van der Waals surface area contributed by atoms with Gasteiger partial charge in [-0.15, -0.1) is 0 Å². The van der Waals surface area contributed by atoms with E-state index in [9.17, 15) is 9.18 Å². The Bertz CT molecular complexity index is 1090. The van der Waals surface area contributed by atoms with E-state index in [0.717, 1.165) is 5.56 Å². The number of aromatic nitrogens is 2. The van der Waals surface area contributed by atoms with Gasteiger partial charge in [0, 0.05) is 31.1 Å². The van der Waals surface area contributed by atoms with Crippen LogP contribution in [0.2, 0.25) is 0 Å². The molecule has 31 heavy (non-hydrogen) atoms. The maximum atomic E-state index is 14.4. The molecule has 6 nitrogen and oxygen atoms in total. The van der Waals surface area contributed by atoms with Crippen molar-refractivity contribution in [3.05, 3.63) is 96.4 Å². The Hall–Kier alpha value is -3.87. The number of carbonyl (C=O) groups is 1. The van der Waals surface area contributed by atoms with Crippen LogP contribution in [0.4, 0.5) is 4.39 Å². The van der Waals surface area contributed by atoms with Gasteiger partial charge in [-0.1, -0.05) is 36.9 Å². The quantitative estimate of drug-likeness (QED) is 0.418. The number of ether oxygens (including phenoxy) is 2. The Morgan fingerprint density at radius 1 is 1.29 bits per heavy atom. The highest BCUT2D eigenvalue weighted by molar-refractivity contribution is 5.92. The van der Waals surface area contributed by atoms with Gasteiger partial charge in [-0.05, 0) is 29.8 Å². The average Bonchev–Trinajstić information content (AvgIpc) is 3.21. The van der Waals surface area contributed by atoms with Gasteiger partial charge < -0.3 is 19.4 Å². The fraction of sp³-hybridized carbons (Fsp3) is 0.167. The lowest BCUT2D eigenvalue weighted by Gasteiger charge is -2.19. The van der Waals surface area contributed by atoms with Crippen molar-refractivity contribution in [3.8, 4) is 11.5 Å². The van der Waals surface area contributed by atoms with Gasteiger partial charge in [-0.2, -0.15) is 0 Å². The number of halogens is 1. The van der Waals surface area contributed by atoms with Crippen LogP contribution in [-0.2, 0) is 11.8 Å². The molecular weight excluding hydrogens is 397 g/mol. The molecule has 0 radical (unpaired) electrons. The number of nitrogens with zero attached hydrogens (tertiary/aromatic N) is 2. The molecule has 0 fully saturated rings. The van der Waals surface area contributed by atoms with Crippen molar-refractivity contribution < 1.29 is 18.7 Å². The third kappa shape index (κ3) is 5.39. The predicted octanol–water partition coefficient (Wildman–Crippen LogP) is 4.05. The van der Waals surface area contributed by atoms with Crippen LogP contribution in [0.25, 0.3) is 6.08 Å². The summed E-state index contributed by atoms with van der Waals surface area (Å²) in [6.07, 6.45) is 8.02. The summed E-state index contributed by atoms with van der Waals surface area (Å²) in [5, 5.41) is 2.84. The molecule has 2 aromatic carbocycles. The first kappa shape index (κ1) is 21.8. The van der Waals surface area contributed by atoms with E-state index in [4.69, 9.17) is 9.47 Å². The highest BCUT2D eigenvalue weighted by Gasteiger charge is 2.22. The third-order valence-corrected chi connectivity index (χ3v) is 4.59. The number of methoxy groups -OCH3 is 1. The van der Waals surface area contributed by atoms with Crippen molar-refractivity contribution in [1.82, 2.24) is 14.9 Å². The van der Waals surface area contributed by atoms with Crippen LogP contribution in [-0.4, -0.2) is 29.2 Å². The topological polar surface area (TPSA) is 65.4 Å². The van der Waals surface area contributed by atoms with Crippen molar-refractivity contribution in [1.29, 1.82) is 0 Å². The number of amides is 1. The van der Waals surface area contributed by atoms with E-state index in [0.29, 0.717) is 29.5 Å². The lowest BCUT2D eigenvalue weighted by molar-refractivity contribution is -0.117. The second-order valence-corrected chi connectivity index (χ2v) is 6.70. The van der Waals surface area contributed by atoms with Crippen molar-refractivity contribution in [3.63, 3.8) is 0 Å². The normalized spacial score (nSPS) is 11.8. The van der Waals surface area contributed by atoms with E-state index in [-0.39, 0.29) is 5.91 Å². The van der Waals surface area contributed by atoms with E-state index in [1.807, 2.05) is 0 Å². The molecule has 0 spiro atoms. The second kappa shape index (κ2) is 10.2. The van der Waals surface area contributed by atoms with Crippen molar-refractivity contribution in [2.24, 2.45) is 7.05 Å². The third-order valence-electron chi connectivity index (χ3n) is 4.59. The van der Waals surface area contributed by atoms with Gasteiger partial charge in [-0.3, -0.25) is 4.79 Å². The summed E-state index contributed by atoms with van der Waals surface area (Å²) in [5.74, 6) is 0.846. The van der Waals surface area contributed by atoms with Crippen molar-refractivity contribution >= 4 is 12.0 Å². The van der Waals surface area contributed by atoms with Gasteiger partial charge in [0.15, 0.2) is 11.5 Å². The molecule has 160 valence electrons. The molecule has 3 rings (SSSR count). The highest BCUT2D eigenvalue weighted by Crippen LogP contribution is 2.28. The SMILES string of the molecule is C=CCOc1ccc(/C=C/C(=O)NC(c2ccccc2F)c2nccn2C)cc1OC. The van der Waals surface area contributed by atoms with E-state index >= 15 is 0 Å². The van der Waals surface area contributed by atoms with Gasteiger partial charge >= 0.3 is 0 Å². The molecule has 0 aliphatic rings. The molecule has 0 saturated carbocycles. The maximum absolute atomic E-state index is 14.4. The van der Waals surface area contributed by atoms with Crippen molar-refractivity contribution in [2.45, 2.75) is 6.04 Å². The fourth-order valence-corrected chi connectivity index (χ4v) is 3.06. The largest absolute Gasteiger partial charge is 0.493 e. The zero-order chi connectivity index (χ0) is 22.2. The van der Waals surface area contributed by atoms with Crippen LogP contribution in [0, 0.1) is 5.82 Å². The molecule has 0 aliphatic carbocycles. The zero-order valence-electron chi connectivity index (χ0n) is 17.4. The van der Waals surface area contributed by atoms with Crippen molar-refractivity contribution in [2.75, 3.05) is 13.7 Å². The molecule has 1 atom stereocenters. The summed E-state index contributed by atoms with van der Waals surface area (Å²) >= 11 is 0. The van der Waals surface area contributed by atoms with Gasteiger partial charge in [-0.25, -0.2) is 9.37 Å². The van der Waals surface area contributed by atoms with Gasteiger partial charge in [0.1, 0.15) is 24.3 Å². The van der Waals surface area contributed by atoms with E-state index in [1.165, 1.54) is 12.1 Å². The lowest BCUT2D eigenvalue weighted by atomic mass is 10.1. The van der Waals surface area contributed by atoms with Gasteiger partial charge in [0.2, 0.25) is 5.91 Å². The second-order valence-electron chi connectivity index (χ2n) is 6.70. The molecular formula is C24H24FN3O3. The Morgan fingerprint density at radius 2 is 2.10 bits per heavy atom. The van der Waals surface area contributed by atoms with E-state index in [2.05, 4.69) is 16.9 Å². The fourth-order valence-electron chi connectivity index (χ4n) is 3.06. The van der Waals surface area contributed by atoms with Crippen LogP contribution in [0.1, 0.15) is 23.0 Å². The minimum absolute atomic E-state index is 0.337. The zero-order valence-corrected chi connectivity index (χ0v) is 17.4. The van der Waals surface area contributed by atoms with Crippen LogP contribution >= 0.6 is 0 Å². The first-order valence-electron chi connectivity index (χ1n) is 9.65. The van der Waals surface area contributed by atoms with Crippen LogP contribution < -0.4 is 14.8 Å². The average molecular weight is 421 g/mol. The molecule has 0 aliphatic heterocycles. The molecule has 7 heteroatoms. The molecule has 0 bridgehead atoms. The highest BCUT2D eigenvalue weighted by atomic mass is 19.1. The van der Waals surface area contributed by atoms with Gasteiger partial charge in [0.25, 0.3) is 0 Å². The summed E-state index contributed by atoms with van der Waals surface area (Å²) < 4.78 is 27.1. The summed E-state index contributed by atoms with van der Waals surface area (Å²) in [5.41, 5.74) is 1.08. The van der Waals surface area contributed by atoms with Crippen LogP contribution in [0.3, 0.4) is 0 Å². The van der Waals surface area contributed by atoms with E-state index in [1.54, 1.807) is 79.7 Å². The Morgan fingerprint density at radius 3 is 2.77 bits per heavy atom. The summed E-state index contributed by atoms with van der Waals surface area (Å²) in [7, 11) is 3.34. The lowest BCUT2D eigenvalue weighted by Crippen LogP contribution is -2.30. The van der Waals surface area contributed by atoms with E-state index < -0.39 is 11.9 Å². The number of benzene rings is 2. The summed E-state index contributed by atoms with van der Waals surface area (Å²) in [6.45, 7) is 3.98. The first-order chi connectivity index (χ1) is 15.0. The molecule has 1 unspecified atom stereocenters. The minimum Gasteiger partial charge on any atom is -0.493 e.